The molecule has 3 saturated carbocycles. The van der Waals surface area contributed by atoms with Crippen LogP contribution in [0.25, 0.3) is 98.0 Å². The molecule has 0 spiro atoms. The molecule has 6 atom stereocenters. The van der Waals surface area contributed by atoms with Crippen molar-refractivity contribution in [3.05, 3.63) is 229 Å². The van der Waals surface area contributed by atoms with Crippen LogP contribution in [-0.2, 0) is 14.2 Å². The maximum Gasteiger partial charge on any atom is 0.0658 e. The van der Waals surface area contributed by atoms with Gasteiger partial charge in [-0.05, 0) is 278 Å². The molecule has 13 aromatic carbocycles. The number of thioether (sulfide) groups is 3. The second-order valence-electron chi connectivity index (χ2n) is 28.6. The lowest BCUT2D eigenvalue weighted by molar-refractivity contribution is 0.262. The first-order chi connectivity index (χ1) is 45.0. The second kappa shape index (κ2) is 20.0. The van der Waals surface area contributed by atoms with Gasteiger partial charge in [0.15, 0.2) is 0 Å². The molecule has 3 aliphatic heterocycles. The minimum absolute atomic E-state index is 0.00174. The number of anilines is 6. The van der Waals surface area contributed by atoms with Crippen LogP contribution >= 0.6 is 35.3 Å². The highest BCUT2D eigenvalue weighted by Crippen LogP contribution is 2.69. The number of nitrogens with zero attached hydrogens (tertiary/aromatic N) is 3. The Morgan fingerprint density at radius 1 is 0.272 bits per heavy atom. The molecule has 0 bridgehead atoms. The molecule has 454 valence electrons. The Kier molecular flexibility index (Phi) is 12.1. The molecule has 0 aromatic heterocycles. The lowest BCUT2D eigenvalue weighted by Crippen LogP contribution is -2.54. The third-order valence-electron chi connectivity index (χ3n) is 25.0. The number of hydrogen-bond donors (Lipinski definition) is 0. The van der Waals surface area contributed by atoms with Gasteiger partial charge in [0, 0.05) is 34.1 Å². The van der Waals surface area contributed by atoms with Crippen LogP contribution in [0.4, 0.5) is 34.1 Å². The molecule has 6 heteroatoms. The first-order valence-electron chi connectivity index (χ1n) is 34.0. The molecule has 0 N–H and O–H groups in total. The van der Waals surface area contributed by atoms with Gasteiger partial charge < -0.3 is 14.7 Å². The predicted octanol–water partition coefficient (Wildman–Crippen LogP) is 24.6. The van der Waals surface area contributed by atoms with Gasteiger partial charge in [-0.25, -0.2) is 0 Å². The van der Waals surface area contributed by atoms with Crippen molar-refractivity contribution in [3.63, 3.8) is 0 Å². The van der Waals surface area contributed by atoms with Gasteiger partial charge in [0.05, 0.1) is 30.9 Å². The molecule has 3 heterocycles. The third kappa shape index (κ3) is 6.99. The van der Waals surface area contributed by atoms with E-state index in [-0.39, 0.29) is 30.9 Å². The quantitative estimate of drug-likeness (QED) is 0.141. The molecule has 6 aliphatic rings. The molecule has 0 saturated heterocycles. The van der Waals surface area contributed by atoms with Gasteiger partial charge in [-0.1, -0.05) is 166 Å². The van der Waals surface area contributed by atoms with E-state index < -0.39 is 0 Å². The summed E-state index contributed by atoms with van der Waals surface area (Å²) in [5.74, 6) is 0. The number of hydrogen-bond acceptors (Lipinski definition) is 6. The number of para-hydroxylation sites is 3. The van der Waals surface area contributed by atoms with Crippen molar-refractivity contribution in [2.75, 3.05) is 33.5 Å². The molecule has 3 fully saturated rings. The summed E-state index contributed by atoms with van der Waals surface area (Å²) in [6.07, 6.45) is 21.7. The van der Waals surface area contributed by atoms with Crippen LogP contribution in [0.2, 0.25) is 0 Å². The Bertz CT molecular complexity index is 4970. The second-order valence-corrected chi connectivity index (χ2v) is 32.0. The summed E-state index contributed by atoms with van der Waals surface area (Å²) in [4.78, 5) is 8.18. The van der Waals surface area contributed by atoms with Crippen molar-refractivity contribution >= 4 is 134 Å². The minimum atomic E-state index is -0.0624. The Hall–Kier alpha value is -7.61. The van der Waals surface area contributed by atoms with Crippen LogP contribution in [0, 0.1) is 0 Å². The lowest BCUT2D eigenvalue weighted by atomic mass is 9.71. The topological polar surface area (TPSA) is 9.72 Å². The molecular weight excluding hydrogens is 1170 g/mol. The molecule has 0 radical (unpaired) electrons. The highest BCUT2D eigenvalue weighted by atomic mass is 32.2. The lowest BCUT2D eigenvalue weighted by Gasteiger charge is -2.51. The molecule has 3 aliphatic carbocycles. The van der Waals surface area contributed by atoms with Crippen LogP contribution in [-0.4, -0.2) is 35.4 Å². The summed E-state index contributed by atoms with van der Waals surface area (Å²) in [6.45, 7) is 7.70. The van der Waals surface area contributed by atoms with Crippen molar-refractivity contribution in [2.24, 2.45) is 0 Å². The molecular formula is C86H77N3S3. The number of fused-ring (bicyclic) bond motifs is 15. The van der Waals surface area contributed by atoms with Crippen LogP contribution in [0.3, 0.4) is 0 Å². The van der Waals surface area contributed by atoms with E-state index in [2.05, 4.69) is 302 Å². The van der Waals surface area contributed by atoms with Gasteiger partial charge in [-0.15, -0.1) is 0 Å². The number of benzene rings is 11. The highest BCUT2D eigenvalue weighted by molar-refractivity contribution is 8.00. The Labute approximate surface area is 554 Å². The monoisotopic (exact) mass is 1250 g/mol. The van der Waals surface area contributed by atoms with E-state index in [1.54, 1.807) is 0 Å². The zero-order valence-corrected chi connectivity index (χ0v) is 56.2. The zero-order valence-electron chi connectivity index (χ0n) is 53.8. The van der Waals surface area contributed by atoms with E-state index in [4.69, 9.17) is 0 Å². The van der Waals surface area contributed by atoms with Crippen LogP contribution in [0.1, 0.15) is 115 Å². The normalized spacial score (nSPS) is 25.7. The summed E-state index contributed by atoms with van der Waals surface area (Å²) in [5, 5.41) is 16.2. The largest absolute Gasteiger partial charge is 0.334 e. The Morgan fingerprint density at radius 2 is 0.598 bits per heavy atom. The molecule has 0 amide bonds. The molecule has 92 heavy (non-hydrogen) atoms. The fourth-order valence-electron chi connectivity index (χ4n) is 20.9. The van der Waals surface area contributed by atoms with Crippen LogP contribution in [0.5, 0.6) is 0 Å². The van der Waals surface area contributed by atoms with Crippen molar-refractivity contribution in [3.8, 4) is 33.4 Å². The van der Waals surface area contributed by atoms with Gasteiger partial charge >= 0.3 is 0 Å². The Balaban J connectivity index is 0.821. The predicted molar refractivity (Wildman–Crippen MR) is 402 cm³/mol. The maximum atomic E-state index is 2.73. The average Bonchev–Trinajstić information content (AvgIpc) is 1.55. The standard InChI is InChI=1S/C86H77N3S3/c1-81-43-16-19-46-84(81,90-4)72-49-54(31-40-75(72)87(81)57-23-10-7-11-24-57)60-34-37-65-69-53-71-67-39-36-62(56-33-42-77-74(51-56)86(92-6)48-21-18-45-83(86,3)89(77)59-27-14-9-15-28-59)79-61(35-38-66(80(67)79)70(71)52-68(69)64-30-22-29-63(60)78(64)65)55-32-41-76-73(50-55)85(91-5)47-20-17-44-82(85,2)88(76)58-25-12-8-13-26-58/h7-15,22-42,49-53H,16-21,43-48H2,1-6H3. The fourth-order valence-corrected chi connectivity index (χ4v) is 25.0. The highest BCUT2D eigenvalue weighted by Gasteiger charge is 2.63. The van der Waals surface area contributed by atoms with E-state index in [1.165, 1.54) is 226 Å². The first-order valence-corrected chi connectivity index (χ1v) is 37.7. The van der Waals surface area contributed by atoms with Gasteiger partial charge in [0.2, 0.25) is 0 Å². The van der Waals surface area contributed by atoms with Crippen molar-refractivity contribution in [2.45, 2.75) is 129 Å². The van der Waals surface area contributed by atoms with E-state index in [1.807, 2.05) is 0 Å². The zero-order chi connectivity index (χ0) is 61.7. The summed E-state index contributed by atoms with van der Waals surface area (Å²) < 4.78 is -0.105. The van der Waals surface area contributed by atoms with E-state index in [0.29, 0.717) is 0 Å². The van der Waals surface area contributed by atoms with Gasteiger partial charge in [0.25, 0.3) is 0 Å². The van der Waals surface area contributed by atoms with Crippen LogP contribution < -0.4 is 14.7 Å². The minimum Gasteiger partial charge on any atom is -0.334 e. The smallest absolute Gasteiger partial charge is 0.0658 e. The van der Waals surface area contributed by atoms with Crippen molar-refractivity contribution < 1.29 is 0 Å². The SMILES string of the molecule is CSC12CCCCC1(C)N(c1ccccc1)c1ccc(-c3ccc4c5cc6c(cc5c5cccc3c54)c3ccc(-c4ccc5c(c4)C4(SC)CCCCC4(C)N5c4ccccc4)c4c(-c5ccc7c(c5)C5(SC)CCCCC5(C)N7c5ccccc5)ccc6c43)cc12. The molecule has 6 unspecified atom stereocenters. The molecule has 13 aromatic rings. The summed E-state index contributed by atoms with van der Waals surface area (Å²) in [7, 11) is 0. The summed E-state index contributed by atoms with van der Waals surface area (Å²) in [5.41, 5.74) is 20.2. The summed E-state index contributed by atoms with van der Waals surface area (Å²) >= 11 is 6.29. The van der Waals surface area contributed by atoms with Gasteiger partial charge in [-0.2, -0.15) is 35.3 Å². The van der Waals surface area contributed by atoms with E-state index in [0.717, 1.165) is 0 Å². The summed E-state index contributed by atoms with van der Waals surface area (Å²) in [6, 6.07) is 83.8. The van der Waals surface area contributed by atoms with E-state index in [9.17, 15) is 0 Å². The first kappa shape index (κ1) is 56.0. The molecule has 19 rings (SSSR count). The van der Waals surface area contributed by atoms with Gasteiger partial charge in [0.1, 0.15) is 0 Å². The van der Waals surface area contributed by atoms with Crippen molar-refractivity contribution in [1.29, 1.82) is 0 Å². The Morgan fingerprint density at radius 3 is 0.978 bits per heavy atom. The third-order valence-corrected chi connectivity index (χ3v) is 29.7. The number of rotatable bonds is 9. The van der Waals surface area contributed by atoms with Gasteiger partial charge in [-0.3, -0.25) is 0 Å². The maximum absolute atomic E-state index is 2.73. The van der Waals surface area contributed by atoms with Crippen LogP contribution in [0.15, 0.2) is 212 Å². The van der Waals surface area contributed by atoms with E-state index >= 15 is 0 Å². The average molecular weight is 1250 g/mol. The molecule has 3 nitrogen and oxygen atoms in total. The fraction of sp³-hybridized carbons (Fsp3) is 0.279. The van der Waals surface area contributed by atoms with Crippen molar-refractivity contribution in [1.82, 2.24) is 0 Å².